The van der Waals surface area contributed by atoms with Gasteiger partial charge in [0.05, 0.1) is 23.0 Å². The van der Waals surface area contributed by atoms with E-state index in [1.54, 1.807) is 6.20 Å². The predicted octanol–water partition coefficient (Wildman–Crippen LogP) is 3.34. The maximum absolute atomic E-state index is 15.1. The molecule has 3 amide bonds. The van der Waals surface area contributed by atoms with Crippen molar-refractivity contribution in [3.63, 3.8) is 0 Å². The third-order valence-corrected chi connectivity index (χ3v) is 8.53. The maximum Gasteiger partial charge on any atom is 0.320 e. The zero-order chi connectivity index (χ0) is 27.4. The quantitative estimate of drug-likeness (QED) is 0.415. The van der Waals surface area contributed by atoms with Crippen LogP contribution < -0.4 is 10.6 Å². The van der Waals surface area contributed by atoms with E-state index in [0.29, 0.717) is 48.6 Å². The highest BCUT2D eigenvalue weighted by Gasteiger charge is 2.32. The van der Waals surface area contributed by atoms with Gasteiger partial charge in [0, 0.05) is 68.7 Å². The van der Waals surface area contributed by atoms with E-state index in [-0.39, 0.29) is 17.8 Å². The average molecular weight is 542 g/mol. The van der Waals surface area contributed by atoms with Crippen LogP contribution >= 0.6 is 0 Å². The first-order valence-electron chi connectivity index (χ1n) is 13.9. The van der Waals surface area contributed by atoms with Gasteiger partial charge < -0.3 is 25.0 Å². The summed E-state index contributed by atoms with van der Waals surface area (Å²) in [7, 11) is 1.86. The summed E-state index contributed by atoms with van der Waals surface area (Å²) in [6, 6.07) is 8.78. The Morgan fingerprint density at radius 3 is 2.90 bits per heavy atom. The number of nitrogens with one attached hydrogen (secondary N) is 2. The highest BCUT2D eigenvalue weighted by atomic mass is 19.1. The molecule has 3 aliphatic rings. The molecule has 2 N–H and O–H groups in total. The summed E-state index contributed by atoms with van der Waals surface area (Å²) in [5.41, 5.74) is 5.33. The van der Waals surface area contributed by atoms with E-state index in [2.05, 4.69) is 20.2 Å². The van der Waals surface area contributed by atoms with Gasteiger partial charge in [0.15, 0.2) is 0 Å². The van der Waals surface area contributed by atoms with Crippen LogP contribution in [0.4, 0.5) is 9.18 Å². The van der Waals surface area contributed by atoms with Gasteiger partial charge in [0.2, 0.25) is 0 Å². The van der Waals surface area contributed by atoms with Gasteiger partial charge >= 0.3 is 6.03 Å². The molecule has 1 saturated heterocycles. The van der Waals surface area contributed by atoms with Crippen LogP contribution in [0.5, 0.6) is 0 Å². The number of imidazole rings is 1. The molecule has 40 heavy (non-hydrogen) atoms. The van der Waals surface area contributed by atoms with E-state index in [1.165, 1.54) is 12.1 Å². The number of urea groups is 1. The van der Waals surface area contributed by atoms with E-state index < -0.39 is 0 Å². The normalized spacial score (nSPS) is 18.1. The van der Waals surface area contributed by atoms with Gasteiger partial charge in [-0.1, -0.05) is 6.07 Å². The van der Waals surface area contributed by atoms with E-state index in [0.717, 1.165) is 60.5 Å². The number of hydrogen-bond donors (Lipinski definition) is 2. The largest absolute Gasteiger partial charge is 0.348 e. The molecule has 206 valence electrons. The Labute approximate surface area is 231 Å². The number of piperidine rings is 1. The molecule has 0 aliphatic carbocycles. The number of halogens is 1. The van der Waals surface area contributed by atoms with Crippen LogP contribution in [-0.4, -0.2) is 75.5 Å². The van der Waals surface area contributed by atoms with Crippen molar-refractivity contribution in [1.29, 1.82) is 0 Å². The molecule has 7 rings (SSSR count). The molecule has 0 atom stereocenters. The Morgan fingerprint density at radius 1 is 1.20 bits per heavy atom. The van der Waals surface area contributed by atoms with E-state index in [9.17, 15) is 9.59 Å². The molecule has 0 bridgehead atoms. The minimum atomic E-state index is -0.380. The smallest absolute Gasteiger partial charge is 0.320 e. The number of amides is 3. The van der Waals surface area contributed by atoms with Crippen molar-refractivity contribution >= 4 is 39.6 Å². The Hall–Kier alpha value is -4.18. The van der Waals surface area contributed by atoms with E-state index >= 15 is 4.39 Å². The van der Waals surface area contributed by atoms with Crippen molar-refractivity contribution in [2.75, 3.05) is 39.8 Å². The molecular weight excluding hydrogens is 509 g/mol. The number of hydrogen-bond acceptors (Lipinski definition) is 4. The molecule has 3 aromatic heterocycles. The summed E-state index contributed by atoms with van der Waals surface area (Å²) < 4.78 is 19.2. The lowest BCUT2D eigenvalue weighted by Crippen LogP contribution is -2.44. The SMILES string of the molecule is CN(CC1CCNCC1)C(=O)N1CCn2cc(C3=C(c4cnc5ccccn45)CNC3=O)c3cc(F)cc(c32)C1. The second kappa shape index (κ2) is 9.78. The Balaban J connectivity index is 1.26. The second-order valence-electron chi connectivity index (χ2n) is 11.1. The molecule has 0 radical (unpaired) electrons. The molecular formula is C30H32FN7O2. The number of carbonyl (C=O) groups is 2. The van der Waals surface area contributed by atoms with Crippen LogP contribution in [0.25, 0.3) is 27.7 Å². The molecule has 4 aromatic rings. The highest BCUT2D eigenvalue weighted by Crippen LogP contribution is 2.38. The monoisotopic (exact) mass is 541 g/mol. The zero-order valence-corrected chi connectivity index (χ0v) is 22.5. The number of fused-ring (bicyclic) bond motifs is 1. The summed E-state index contributed by atoms with van der Waals surface area (Å²) in [5.74, 6) is -0.0688. The standard InChI is InChI=1S/C30H32FN7O2/c1-35(16-19-5-7-32-8-6-19)30(40)37-11-10-36-18-24(22-13-21(31)12-20(17-37)28(22)36)27-23(14-34-29(27)39)25-15-33-26-4-2-3-9-38(25)26/h2-4,9,12-13,15,18-19,32H,5-8,10-11,14,16-17H2,1H3,(H,34,39). The molecule has 10 heteroatoms. The van der Waals surface area contributed by atoms with Crippen molar-refractivity contribution in [2.24, 2.45) is 5.92 Å². The molecule has 0 unspecified atom stereocenters. The Bertz CT molecular complexity index is 1680. The summed E-state index contributed by atoms with van der Waals surface area (Å²) in [6.07, 6.45) is 7.79. The van der Waals surface area contributed by atoms with E-state index in [4.69, 9.17) is 0 Å². The topological polar surface area (TPSA) is 86.9 Å². The van der Waals surface area contributed by atoms with Gasteiger partial charge in [-0.05, 0) is 61.7 Å². The summed E-state index contributed by atoms with van der Waals surface area (Å²) in [4.78, 5) is 34.8. The number of rotatable bonds is 4. The van der Waals surface area contributed by atoms with Crippen molar-refractivity contribution in [3.8, 4) is 0 Å². The summed E-state index contributed by atoms with van der Waals surface area (Å²) in [5, 5.41) is 7.03. The summed E-state index contributed by atoms with van der Waals surface area (Å²) >= 11 is 0. The summed E-state index contributed by atoms with van der Waals surface area (Å²) in [6.45, 7) is 4.45. The van der Waals surface area contributed by atoms with Crippen molar-refractivity contribution < 1.29 is 14.0 Å². The first-order valence-corrected chi connectivity index (χ1v) is 13.9. The van der Waals surface area contributed by atoms with Crippen LogP contribution in [0, 0.1) is 11.7 Å². The second-order valence-corrected chi connectivity index (χ2v) is 11.1. The number of aromatic nitrogens is 3. The molecule has 3 aliphatic heterocycles. The molecule has 0 saturated carbocycles. The molecule has 6 heterocycles. The Kier molecular flexibility index (Phi) is 6.07. The molecule has 1 aromatic carbocycles. The van der Waals surface area contributed by atoms with Gasteiger partial charge in [-0.25, -0.2) is 14.2 Å². The van der Waals surface area contributed by atoms with Crippen molar-refractivity contribution in [3.05, 3.63) is 71.6 Å². The van der Waals surface area contributed by atoms with Crippen molar-refractivity contribution in [2.45, 2.75) is 25.9 Å². The highest BCUT2D eigenvalue weighted by molar-refractivity contribution is 6.32. The molecule has 0 spiro atoms. The van der Waals surface area contributed by atoms with E-state index in [1.807, 2.05) is 51.8 Å². The third-order valence-electron chi connectivity index (χ3n) is 8.53. The van der Waals surface area contributed by atoms with Crippen LogP contribution in [0.15, 0.2) is 48.9 Å². The van der Waals surface area contributed by atoms with Gasteiger partial charge in [-0.2, -0.15) is 0 Å². The number of carbonyl (C=O) groups excluding carboxylic acids is 2. The van der Waals surface area contributed by atoms with Crippen LogP contribution in [0.3, 0.4) is 0 Å². The lowest BCUT2D eigenvalue weighted by atomic mass is 9.98. The maximum atomic E-state index is 15.1. The molecule has 1 fully saturated rings. The number of nitrogens with zero attached hydrogens (tertiary/aromatic N) is 5. The van der Waals surface area contributed by atoms with Crippen LogP contribution in [-0.2, 0) is 17.9 Å². The van der Waals surface area contributed by atoms with Gasteiger partial charge in [0.25, 0.3) is 5.91 Å². The zero-order valence-electron chi connectivity index (χ0n) is 22.5. The first-order chi connectivity index (χ1) is 19.5. The minimum absolute atomic E-state index is 0.0327. The number of benzene rings is 1. The molecule has 9 nitrogen and oxygen atoms in total. The third kappa shape index (κ3) is 4.14. The van der Waals surface area contributed by atoms with Gasteiger partial charge in [0.1, 0.15) is 11.5 Å². The lowest BCUT2D eigenvalue weighted by molar-refractivity contribution is -0.114. The van der Waals surface area contributed by atoms with Gasteiger partial charge in [-0.3, -0.25) is 9.20 Å². The predicted molar refractivity (Wildman–Crippen MR) is 151 cm³/mol. The number of pyridine rings is 1. The fourth-order valence-electron chi connectivity index (χ4n) is 6.58. The average Bonchev–Trinajstić information content (AvgIpc) is 3.62. The Morgan fingerprint density at radius 2 is 2.05 bits per heavy atom. The first kappa shape index (κ1) is 24.8. The fraction of sp³-hybridized carbons (Fsp3) is 0.367. The van der Waals surface area contributed by atoms with Gasteiger partial charge in [-0.15, -0.1) is 0 Å². The van der Waals surface area contributed by atoms with Crippen LogP contribution in [0.2, 0.25) is 0 Å². The van der Waals surface area contributed by atoms with Crippen LogP contribution in [0.1, 0.15) is 29.7 Å². The minimum Gasteiger partial charge on any atom is -0.348 e. The van der Waals surface area contributed by atoms with Crippen molar-refractivity contribution in [1.82, 2.24) is 34.4 Å². The fourth-order valence-corrected chi connectivity index (χ4v) is 6.58. The lowest BCUT2D eigenvalue weighted by Gasteiger charge is -2.31.